The van der Waals surface area contributed by atoms with Crippen molar-refractivity contribution >= 4 is 11.8 Å². The fourth-order valence-corrected chi connectivity index (χ4v) is 2.49. The normalized spacial score (nSPS) is 25.6. The van der Waals surface area contributed by atoms with Crippen LogP contribution >= 0.6 is 11.8 Å². The molecule has 0 bridgehead atoms. The summed E-state index contributed by atoms with van der Waals surface area (Å²) < 4.78 is 12.8. The van der Waals surface area contributed by atoms with Gasteiger partial charge in [0, 0.05) is 6.04 Å². The molecule has 0 unspecified atom stereocenters. The molecule has 3 heteroatoms. The molecule has 1 aliphatic carbocycles. The lowest BCUT2D eigenvalue weighted by Crippen LogP contribution is -2.46. The topological polar surface area (TPSA) is 3.24 Å². The summed E-state index contributed by atoms with van der Waals surface area (Å²) in [4.78, 5) is 2.51. The van der Waals surface area contributed by atoms with Crippen LogP contribution in [0, 0.1) is 0 Å². The van der Waals surface area contributed by atoms with Gasteiger partial charge in [0.15, 0.2) is 0 Å². The maximum absolute atomic E-state index is 12.8. The van der Waals surface area contributed by atoms with E-state index < -0.39 is 6.17 Å². The maximum Gasteiger partial charge on any atom is 0.103 e. The van der Waals surface area contributed by atoms with Crippen LogP contribution in [0.3, 0.4) is 0 Å². The number of hydrogen-bond acceptors (Lipinski definition) is 2. The summed E-state index contributed by atoms with van der Waals surface area (Å²) in [5.41, 5.74) is 0. The monoisotopic (exact) mass is 233 g/mol. The first-order valence-corrected chi connectivity index (χ1v) is 7.54. The van der Waals surface area contributed by atoms with Crippen molar-refractivity contribution in [2.45, 2.75) is 51.2 Å². The molecule has 0 aromatic heterocycles. The quantitative estimate of drug-likeness (QED) is 0.592. The average molecular weight is 233 g/mol. The Morgan fingerprint density at radius 1 is 1.27 bits per heavy atom. The third kappa shape index (κ3) is 4.73. The van der Waals surface area contributed by atoms with Crippen molar-refractivity contribution < 1.29 is 4.39 Å². The first-order chi connectivity index (χ1) is 7.27. The molecule has 1 rings (SSSR count). The number of unbranched alkanes of at least 4 members (excludes halogenated alkanes) is 1. The minimum atomic E-state index is -0.514. The van der Waals surface area contributed by atoms with Gasteiger partial charge in [-0.05, 0) is 50.8 Å². The third-order valence-corrected chi connectivity index (χ3v) is 3.86. The van der Waals surface area contributed by atoms with E-state index in [-0.39, 0.29) is 0 Å². The first kappa shape index (κ1) is 13.3. The number of rotatable bonds is 8. The molecule has 0 radical (unpaired) electrons. The van der Waals surface area contributed by atoms with E-state index in [4.69, 9.17) is 0 Å². The Bertz CT molecular complexity index is 160. The van der Waals surface area contributed by atoms with Crippen molar-refractivity contribution in [2.24, 2.45) is 0 Å². The fourth-order valence-electron chi connectivity index (χ4n) is 2.07. The molecule has 0 aliphatic heterocycles. The predicted molar refractivity (Wildman–Crippen MR) is 67.4 cm³/mol. The van der Waals surface area contributed by atoms with Gasteiger partial charge >= 0.3 is 0 Å². The van der Waals surface area contributed by atoms with Crippen molar-refractivity contribution in [3.05, 3.63) is 0 Å². The maximum atomic E-state index is 12.8. The molecule has 1 nitrogen and oxygen atoms in total. The Kier molecular flexibility index (Phi) is 6.66. The van der Waals surface area contributed by atoms with Crippen LogP contribution in [0.2, 0.25) is 0 Å². The highest BCUT2D eigenvalue weighted by atomic mass is 32.2. The molecule has 0 amide bonds. The molecule has 0 spiro atoms. The lowest BCUT2D eigenvalue weighted by molar-refractivity contribution is 0.0532. The lowest BCUT2D eigenvalue weighted by Gasteiger charge is -2.39. The number of alkyl halides is 1. The number of halogens is 1. The van der Waals surface area contributed by atoms with Crippen LogP contribution in [0.5, 0.6) is 0 Å². The molecule has 0 saturated heterocycles. The Balaban J connectivity index is 2.19. The van der Waals surface area contributed by atoms with Crippen molar-refractivity contribution in [3.8, 4) is 0 Å². The van der Waals surface area contributed by atoms with Crippen LogP contribution in [0.1, 0.15) is 39.0 Å². The highest BCUT2D eigenvalue weighted by Crippen LogP contribution is 2.28. The van der Waals surface area contributed by atoms with Crippen LogP contribution in [0.15, 0.2) is 0 Å². The predicted octanol–water partition coefficient (Wildman–Crippen LogP) is 3.34. The number of thioether (sulfide) groups is 1. The van der Waals surface area contributed by atoms with Crippen LogP contribution in [0.4, 0.5) is 4.39 Å². The molecule has 15 heavy (non-hydrogen) atoms. The van der Waals surface area contributed by atoms with E-state index in [2.05, 4.69) is 18.1 Å². The van der Waals surface area contributed by atoms with Crippen molar-refractivity contribution in [3.63, 3.8) is 0 Å². The van der Waals surface area contributed by atoms with E-state index in [1.807, 2.05) is 11.8 Å². The van der Waals surface area contributed by atoms with Crippen LogP contribution < -0.4 is 0 Å². The Hall–Kier alpha value is 0.240. The summed E-state index contributed by atoms with van der Waals surface area (Å²) in [6, 6.07) is 0.549. The minimum Gasteiger partial charge on any atom is -0.300 e. The fraction of sp³-hybridized carbons (Fsp3) is 1.00. The van der Waals surface area contributed by atoms with Crippen molar-refractivity contribution in [1.29, 1.82) is 0 Å². The average Bonchev–Trinajstić information content (AvgIpc) is 2.19. The molecule has 0 atom stereocenters. The first-order valence-electron chi connectivity index (χ1n) is 6.15. The SMILES string of the molecule is CCCCN(CCCSC)C1CC(F)C1. The summed E-state index contributed by atoms with van der Waals surface area (Å²) in [6.45, 7) is 4.55. The highest BCUT2D eigenvalue weighted by molar-refractivity contribution is 7.98. The zero-order valence-corrected chi connectivity index (χ0v) is 10.9. The standard InChI is InChI=1S/C12H24FNS/c1-3-4-6-14(7-5-8-15-2)12-9-11(13)10-12/h11-12H,3-10H2,1-2H3. The van der Waals surface area contributed by atoms with Crippen LogP contribution in [-0.2, 0) is 0 Å². The molecule has 1 fully saturated rings. The van der Waals surface area contributed by atoms with E-state index >= 15 is 0 Å². The molecule has 0 heterocycles. The van der Waals surface area contributed by atoms with Gasteiger partial charge in [0.25, 0.3) is 0 Å². The van der Waals surface area contributed by atoms with Gasteiger partial charge in [0.05, 0.1) is 0 Å². The third-order valence-electron chi connectivity index (χ3n) is 3.16. The van der Waals surface area contributed by atoms with Gasteiger partial charge in [0.2, 0.25) is 0 Å². The highest BCUT2D eigenvalue weighted by Gasteiger charge is 2.32. The van der Waals surface area contributed by atoms with Gasteiger partial charge in [0.1, 0.15) is 6.17 Å². The molecule has 1 saturated carbocycles. The number of hydrogen-bond donors (Lipinski definition) is 0. The smallest absolute Gasteiger partial charge is 0.103 e. The molecule has 0 aromatic rings. The largest absolute Gasteiger partial charge is 0.300 e. The van der Waals surface area contributed by atoms with Crippen LogP contribution in [0.25, 0.3) is 0 Å². The summed E-state index contributed by atoms with van der Waals surface area (Å²) in [7, 11) is 0. The van der Waals surface area contributed by atoms with Crippen molar-refractivity contribution in [2.75, 3.05) is 25.1 Å². The van der Waals surface area contributed by atoms with E-state index in [1.54, 1.807) is 0 Å². The molecular formula is C12H24FNS. The van der Waals surface area contributed by atoms with E-state index in [1.165, 1.54) is 31.6 Å². The van der Waals surface area contributed by atoms with E-state index in [0.717, 1.165) is 19.4 Å². The summed E-state index contributed by atoms with van der Waals surface area (Å²) in [5.74, 6) is 1.23. The molecule has 0 aromatic carbocycles. The molecule has 0 N–H and O–H groups in total. The van der Waals surface area contributed by atoms with E-state index in [0.29, 0.717) is 6.04 Å². The molecule has 90 valence electrons. The Morgan fingerprint density at radius 2 is 1.93 bits per heavy atom. The second kappa shape index (κ2) is 7.50. The van der Waals surface area contributed by atoms with Crippen LogP contribution in [-0.4, -0.2) is 42.2 Å². The van der Waals surface area contributed by atoms with Gasteiger partial charge in [-0.1, -0.05) is 13.3 Å². The summed E-state index contributed by atoms with van der Waals surface area (Å²) >= 11 is 1.90. The Morgan fingerprint density at radius 3 is 2.47 bits per heavy atom. The van der Waals surface area contributed by atoms with E-state index in [9.17, 15) is 4.39 Å². The zero-order chi connectivity index (χ0) is 11.1. The van der Waals surface area contributed by atoms with Gasteiger partial charge < -0.3 is 4.90 Å². The minimum absolute atomic E-state index is 0.514. The lowest BCUT2D eigenvalue weighted by atomic mass is 9.89. The van der Waals surface area contributed by atoms with Crippen molar-refractivity contribution in [1.82, 2.24) is 4.90 Å². The van der Waals surface area contributed by atoms with Gasteiger partial charge in [-0.2, -0.15) is 11.8 Å². The second-order valence-corrected chi connectivity index (χ2v) is 5.44. The second-order valence-electron chi connectivity index (χ2n) is 4.46. The van der Waals surface area contributed by atoms with Gasteiger partial charge in [-0.25, -0.2) is 4.39 Å². The molecule has 1 aliphatic rings. The van der Waals surface area contributed by atoms with Gasteiger partial charge in [-0.15, -0.1) is 0 Å². The summed E-state index contributed by atoms with van der Waals surface area (Å²) in [6.07, 6.45) is 6.94. The number of nitrogens with zero attached hydrogens (tertiary/aromatic N) is 1. The Labute approximate surface area is 97.8 Å². The zero-order valence-electron chi connectivity index (χ0n) is 10.0. The van der Waals surface area contributed by atoms with Gasteiger partial charge in [-0.3, -0.25) is 0 Å². The summed E-state index contributed by atoms with van der Waals surface area (Å²) in [5, 5.41) is 0. The molecular weight excluding hydrogens is 209 g/mol.